The highest BCUT2D eigenvalue weighted by molar-refractivity contribution is 5.69. The number of hydrogen-bond donors (Lipinski definition) is 0. The normalized spacial score (nSPS) is 13.3. The van der Waals surface area contributed by atoms with Crippen molar-refractivity contribution in [3.63, 3.8) is 0 Å². The van der Waals surface area contributed by atoms with E-state index >= 15 is 0 Å². The Labute approximate surface area is 125 Å². The molecule has 0 fully saturated rings. The second-order valence-electron chi connectivity index (χ2n) is 5.27. The molecule has 0 N–H and O–H groups in total. The molecule has 2 rings (SSSR count). The van der Waals surface area contributed by atoms with Crippen LogP contribution < -0.4 is 9.47 Å². The molecule has 3 nitrogen and oxygen atoms in total. The Hall–Kier alpha value is -2.29. The predicted molar refractivity (Wildman–Crippen MR) is 83.1 cm³/mol. The first-order chi connectivity index (χ1) is 10.1. The second-order valence-corrected chi connectivity index (χ2v) is 5.27. The van der Waals surface area contributed by atoms with Crippen molar-refractivity contribution in [2.24, 2.45) is 0 Å². The van der Waals surface area contributed by atoms with Crippen molar-refractivity contribution in [3.8, 4) is 11.5 Å². The first kappa shape index (κ1) is 15.1. The lowest BCUT2D eigenvalue weighted by atomic mass is 9.78. The molecule has 0 aromatic heterocycles. The molecular formula is C18H20O3. The van der Waals surface area contributed by atoms with Gasteiger partial charge in [0.15, 0.2) is 11.5 Å². The van der Waals surface area contributed by atoms with Crippen LogP contribution in [-0.2, 0) is 16.6 Å². The SMILES string of the molecule is COc1ccc(C(C)(C=O)Cc2ccccc2)cc1OC. The fraction of sp³-hybridized carbons (Fsp3) is 0.278. The van der Waals surface area contributed by atoms with Crippen molar-refractivity contribution in [2.45, 2.75) is 18.8 Å². The molecule has 21 heavy (non-hydrogen) atoms. The highest BCUT2D eigenvalue weighted by Gasteiger charge is 2.27. The molecule has 1 unspecified atom stereocenters. The summed E-state index contributed by atoms with van der Waals surface area (Å²) in [5.41, 5.74) is 1.45. The third-order valence-corrected chi connectivity index (χ3v) is 3.72. The van der Waals surface area contributed by atoms with Crippen molar-refractivity contribution in [1.29, 1.82) is 0 Å². The van der Waals surface area contributed by atoms with Crippen LogP contribution in [0.1, 0.15) is 18.1 Å². The maximum atomic E-state index is 11.7. The summed E-state index contributed by atoms with van der Waals surface area (Å²) in [4.78, 5) is 11.7. The van der Waals surface area contributed by atoms with Gasteiger partial charge in [-0.25, -0.2) is 0 Å². The summed E-state index contributed by atoms with van der Waals surface area (Å²) in [5.74, 6) is 1.30. The van der Waals surface area contributed by atoms with Crippen molar-refractivity contribution >= 4 is 6.29 Å². The first-order valence-corrected chi connectivity index (χ1v) is 6.85. The zero-order valence-corrected chi connectivity index (χ0v) is 12.6. The highest BCUT2D eigenvalue weighted by Crippen LogP contribution is 2.34. The van der Waals surface area contributed by atoms with Crippen molar-refractivity contribution in [1.82, 2.24) is 0 Å². The molecule has 2 aromatic carbocycles. The van der Waals surface area contributed by atoms with Gasteiger partial charge in [-0.05, 0) is 36.6 Å². The Morgan fingerprint density at radius 1 is 1.00 bits per heavy atom. The number of methoxy groups -OCH3 is 2. The molecule has 0 amide bonds. The summed E-state index contributed by atoms with van der Waals surface area (Å²) >= 11 is 0. The lowest BCUT2D eigenvalue weighted by Crippen LogP contribution is -2.26. The van der Waals surface area contributed by atoms with Crippen LogP contribution >= 0.6 is 0 Å². The van der Waals surface area contributed by atoms with Crippen LogP contribution in [0.5, 0.6) is 11.5 Å². The fourth-order valence-electron chi connectivity index (χ4n) is 2.42. The van der Waals surface area contributed by atoms with Gasteiger partial charge in [0.2, 0.25) is 0 Å². The summed E-state index contributed by atoms with van der Waals surface area (Å²) in [5, 5.41) is 0. The van der Waals surface area contributed by atoms with E-state index in [9.17, 15) is 4.79 Å². The Kier molecular flexibility index (Phi) is 4.63. The van der Waals surface area contributed by atoms with Crippen molar-refractivity contribution in [3.05, 3.63) is 59.7 Å². The molecule has 0 aliphatic rings. The van der Waals surface area contributed by atoms with Crippen LogP contribution in [0.25, 0.3) is 0 Å². The standard InChI is InChI=1S/C18H20O3/c1-18(13-19,12-14-7-5-4-6-8-14)15-9-10-16(20-2)17(11-15)21-3/h4-11,13H,12H2,1-3H3. The quantitative estimate of drug-likeness (QED) is 0.763. The number of benzene rings is 2. The third kappa shape index (κ3) is 3.24. The number of rotatable bonds is 6. The van der Waals surface area contributed by atoms with E-state index in [1.165, 1.54) is 0 Å². The summed E-state index contributed by atoms with van der Waals surface area (Å²) in [7, 11) is 3.19. The zero-order chi connectivity index (χ0) is 15.3. The summed E-state index contributed by atoms with van der Waals surface area (Å²) in [6.45, 7) is 1.94. The molecule has 0 saturated heterocycles. The maximum Gasteiger partial charge on any atom is 0.161 e. The molecule has 3 heteroatoms. The van der Waals surface area contributed by atoms with E-state index in [-0.39, 0.29) is 0 Å². The summed E-state index contributed by atoms with van der Waals surface area (Å²) in [6.07, 6.45) is 1.65. The number of hydrogen-bond acceptors (Lipinski definition) is 3. The Balaban J connectivity index is 2.38. The first-order valence-electron chi connectivity index (χ1n) is 6.85. The van der Waals surface area contributed by atoms with Gasteiger partial charge in [0.05, 0.1) is 19.6 Å². The molecule has 0 aliphatic heterocycles. The zero-order valence-electron chi connectivity index (χ0n) is 12.6. The molecule has 0 aliphatic carbocycles. The van der Waals surface area contributed by atoms with Gasteiger partial charge in [0.1, 0.15) is 6.29 Å². The topological polar surface area (TPSA) is 35.5 Å². The molecule has 0 radical (unpaired) electrons. The number of carbonyl (C=O) groups excluding carboxylic acids is 1. The Morgan fingerprint density at radius 2 is 1.67 bits per heavy atom. The minimum Gasteiger partial charge on any atom is -0.493 e. The largest absolute Gasteiger partial charge is 0.493 e. The van der Waals surface area contributed by atoms with E-state index in [1.807, 2.05) is 55.5 Å². The summed E-state index contributed by atoms with van der Waals surface area (Å²) < 4.78 is 10.6. The van der Waals surface area contributed by atoms with E-state index in [0.717, 1.165) is 17.4 Å². The van der Waals surface area contributed by atoms with Gasteiger partial charge in [0, 0.05) is 0 Å². The average molecular weight is 284 g/mol. The Morgan fingerprint density at radius 3 is 2.24 bits per heavy atom. The molecular weight excluding hydrogens is 264 g/mol. The molecule has 0 saturated carbocycles. The number of aldehydes is 1. The molecule has 0 heterocycles. The summed E-state index contributed by atoms with van der Waals surface area (Å²) in [6, 6.07) is 15.6. The van der Waals surface area contributed by atoms with Gasteiger partial charge in [0.25, 0.3) is 0 Å². The lowest BCUT2D eigenvalue weighted by molar-refractivity contribution is -0.112. The van der Waals surface area contributed by atoms with Gasteiger partial charge in [-0.3, -0.25) is 0 Å². The van der Waals surface area contributed by atoms with E-state index in [4.69, 9.17) is 9.47 Å². The van der Waals surface area contributed by atoms with Gasteiger partial charge in [-0.1, -0.05) is 36.4 Å². The number of ether oxygens (including phenoxy) is 2. The van der Waals surface area contributed by atoms with Crippen LogP contribution in [-0.4, -0.2) is 20.5 Å². The monoisotopic (exact) mass is 284 g/mol. The minimum absolute atomic E-state index is 0.596. The van der Waals surface area contributed by atoms with E-state index < -0.39 is 5.41 Å². The maximum absolute atomic E-state index is 11.7. The van der Waals surface area contributed by atoms with Crippen LogP contribution in [0.15, 0.2) is 48.5 Å². The van der Waals surface area contributed by atoms with E-state index in [0.29, 0.717) is 17.9 Å². The fourth-order valence-corrected chi connectivity index (χ4v) is 2.42. The van der Waals surface area contributed by atoms with Crippen LogP contribution in [0.4, 0.5) is 0 Å². The van der Waals surface area contributed by atoms with Crippen LogP contribution in [0.2, 0.25) is 0 Å². The van der Waals surface area contributed by atoms with Crippen LogP contribution in [0, 0.1) is 0 Å². The van der Waals surface area contributed by atoms with Gasteiger partial charge in [-0.15, -0.1) is 0 Å². The van der Waals surface area contributed by atoms with Gasteiger partial charge >= 0.3 is 0 Å². The molecule has 2 aromatic rings. The average Bonchev–Trinajstić information content (AvgIpc) is 2.54. The molecule has 0 bridgehead atoms. The predicted octanol–water partition coefficient (Wildman–Crippen LogP) is 3.40. The third-order valence-electron chi connectivity index (χ3n) is 3.72. The Bertz CT molecular complexity index is 607. The van der Waals surface area contributed by atoms with E-state index in [1.54, 1.807) is 14.2 Å². The second kappa shape index (κ2) is 6.44. The van der Waals surface area contributed by atoms with Gasteiger partial charge in [-0.2, -0.15) is 0 Å². The minimum atomic E-state index is -0.596. The molecule has 1 atom stereocenters. The van der Waals surface area contributed by atoms with Crippen molar-refractivity contribution < 1.29 is 14.3 Å². The van der Waals surface area contributed by atoms with Crippen LogP contribution in [0.3, 0.4) is 0 Å². The smallest absolute Gasteiger partial charge is 0.161 e. The molecule has 110 valence electrons. The molecule has 0 spiro atoms. The van der Waals surface area contributed by atoms with Gasteiger partial charge < -0.3 is 14.3 Å². The highest BCUT2D eigenvalue weighted by atomic mass is 16.5. The van der Waals surface area contributed by atoms with Crippen molar-refractivity contribution in [2.75, 3.05) is 14.2 Å². The number of carbonyl (C=O) groups is 1. The lowest BCUT2D eigenvalue weighted by Gasteiger charge is -2.25. The van der Waals surface area contributed by atoms with E-state index in [2.05, 4.69) is 0 Å².